The zero-order chi connectivity index (χ0) is 11.8. The molecule has 0 spiro atoms. The maximum Gasteiger partial charge on any atom is 0.231 e. The minimum atomic E-state index is -0.623. The normalized spacial score (nSPS) is 11.5. The summed E-state index contributed by atoms with van der Waals surface area (Å²) in [6.07, 6.45) is 3.29. The lowest BCUT2D eigenvalue weighted by Gasteiger charge is -2.20. The first kappa shape index (κ1) is 13.9. The van der Waals surface area contributed by atoms with Crippen molar-refractivity contribution in [1.29, 1.82) is 0 Å². The van der Waals surface area contributed by atoms with Gasteiger partial charge in [0.25, 0.3) is 0 Å². The Bertz CT molecular complexity index is 256. The highest BCUT2D eigenvalue weighted by molar-refractivity contribution is 9.10. The summed E-state index contributed by atoms with van der Waals surface area (Å²) in [6, 6.07) is 0. The highest BCUT2D eigenvalue weighted by atomic mass is 79.9. The number of hydrogen-bond donors (Lipinski definition) is 1. The summed E-state index contributed by atoms with van der Waals surface area (Å²) in [7, 11) is 0. The smallest absolute Gasteiger partial charge is 0.231 e. The Hall–Kier alpha value is -1.10. The summed E-state index contributed by atoms with van der Waals surface area (Å²) >= 11 is 3.04. The Balaban J connectivity index is 4.29. The van der Waals surface area contributed by atoms with E-state index in [1.165, 1.54) is 4.90 Å². The average Bonchev–Trinajstić information content (AvgIpc) is 2.17. The van der Waals surface area contributed by atoms with Crippen molar-refractivity contribution in [3.05, 3.63) is 25.3 Å². The van der Waals surface area contributed by atoms with Crippen LogP contribution in [0.5, 0.6) is 0 Å². The molecule has 0 bridgehead atoms. The number of nitrogens with zero attached hydrogens (tertiary/aromatic N) is 1. The maximum absolute atomic E-state index is 11.6. The van der Waals surface area contributed by atoms with Crippen molar-refractivity contribution in [2.75, 3.05) is 13.1 Å². The van der Waals surface area contributed by atoms with Crippen molar-refractivity contribution in [1.82, 2.24) is 4.90 Å². The van der Waals surface area contributed by atoms with E-state index in [1.807, 2.05) is 0 Å². The molecule has 0 saturated heterocycles. The van der Waals surface area contributed by atoms with Gasteiger partial charge in [0.1, 0.15) is 4.83 Å². The fraction of sp³-hybridized carbons (Fsp3) is 0.400. The molecule has 0 aromatic heterocycles. The molecule has 0 aromatic carbocycles. The molecular formula is C10H15BrN2O2. The summed E-state index contributed by atoms with van der Waals surface area (Å²) in [5.41, 5.74) is 5.04. The number of halogens is 1. The second-order valence-corrected chi connectivity index (χ2v) is 4.06. The van der Waals surface area contributed by atoms with E-state index in [9.17, 15) is 9.59 Å². The third-order valence-electron chi connectivity index (χ3n) is 1.71. The van der Waals surface area contributed by atoms with Gasteiger partial charge in [0.15, 0.2) is 0 Å². The van der Waals surface area contributed by atoms with E-state index in [2.05, 4.69) is 29.1 Å². The predicted octanol–water partition coefficient (Wildman–Crippen LogP) is 0.826. The summed E-state index contributed by atoms with van der Waals surface area (Å²) in [6.45, 7) is 7.96. The number of amides is 2. The van der Waals surface area contributed by atoms with Crippen LogP contribution in [0.15, 0.2) is 25.3 Å². The van der Waals surface area contributed by atoms with Crippen molar-refractivity contribution in [3.63, 3.8) is 0 Å². The predicted molar refractivity (Wildman–Crippen MR) is 63.5 cm³/mol. The highest BCUT2D eigenvalue weighted by Crippen LogP contribution is 2.07. The Morgan fingerprint density at radius 1 is 1.33 bits per heavy atom. The summed E-state index contributed by atoms with van der Waals surface area (Å²) < 4.78 is 0. The lowest BCUT2D eigenvalue weighted by molar-refractivity contribution is -0.131. The topological polar surface area (TPSA) is 63.4 Å². The largest absolute Gasteiger partial charge is 0.369 e. The van der Waals surface area contributed by atoms with Crippen molar-refractivity contribution in [3.8, 4) is 0 Å². The minimum absolute atomic E-state index is 0.0526. The monoisotopic (exact) mass is 274 g/mol. The molecule has 0 radical (unpaired) electrons. The van der Waals surface area contributed by atoms with Gasteiger partial charge < -0.3 is 10.6 Å². The zero-order valence-electron chi connectivity index (χ0n) is 8.49. The molecule has 0 aliphatic carbocycles. The molecule has 0 heterocycles. The SMILES string of the molecule is C=CCN(CC=C)C(=O)CC(Br)C(N)=O. The van der Waals surface area contributed by atoms with Crippen molar-refractivity contribution in [2.45, 2.75) is 11.2 Å². The third-order valence-corrected chi connectivity index (χ3v) is 2.49. The van der Waals surface area contributed by atoms with Gasteiger partial charge in [0, 0.05) is 19.5 Å². The first-order valence-electron chi connectivity index (χ1n) is 4.45. The third kappa shape index (κ3) is 5.37. The van der Waals surface area contributed by atoms with E-state index >= 15 is 0 Å². The van der Waals surface area contributed by atoms with Crippen LogP contribution in [0.25, 0.3) is 0 Å². The van der Waals surface area contributed by atoms with Gasteiger partial charge in [-0.25, -0.2) is 0 Å². The van der Waals surface area contributed by atoms with Gasteiger partial charge >= 0.3 is 0 Å². The van der Waals surface area contributed by atoms with E-state index in [0.29, 0.717) is 13.1 Å². The van der Waals surface area contributed by atoms with Crippen molar-refractivity contribution >= 4 is 27.7 Å². The standard InChI is InChI=1S/C10H15BrN2O2/c1-3-5-13(6-4-2)9(14)7-8(11)10(12)15/h3-4,8H,1-2,5-7H2,(H2,12,15). The molecule has 2 amide bonds. The molecule has 5 heteroatoms. The first-order valence-corrected chi connectivity index (χ1v) is 5.37. The van der Waals surface area contributed by atoms with Gasteiger partial charge in [-0.3, -0.25) is 9.59 Å². The van der Waals surface area contributed by atoms with Crippen LogP contribution in [-0.2, 0) is 9.59 Å². The van der Waals surface area contributed by atoms with Gasteiger partial charge in [-0.1, -0.05) is 28.1 Å². The molecule has 4 nitrogen and oxygen atoms in total. The second-order valence-electron chi connectivity index (χ2n) is 2.95. The van der Waals surface area contributed by atoms with Crippen LogP contribution < -0.4 is 5.73 Å². The van der Waals surface area contributed by atoms with E-state index in [-0.39, 0.29) is 12.3 Å². The van der Waals surface area contributed by atoms with Crippen LogP contribution in [0.3, 0.4) is 0 Å². The van der Waals surface area contributed by atoms with Gasteiger partial charge in [0.05, 0.1) is 0 Å². The Morgan fingerprint density at radius 3 is 2.13 bits per heavy atom. The molecule has 15 heavy (non-hydrogen) atoms. The average molecular weight is 275 g/mol. The zero-order valence-corrected chi connectivity index (χ0v) is 10.1. The quantitative estimate of drug-likeness (QED) is 0.552. The van der Waals surface area contributed by atoms with Crippen molar-refractivity contribution in [2.24, 2.45) is 5.73 Å². The number of carbonyl (C=O) groups is 2. The summed E-state index contributed by atoms with van der Waals surface area (Å²) in [4.78, 5) is 23.3. The van der Waals surface area contributed by atoms with E-state index < -0.39 is 10.7 Å². The Morgan fingerprint density at radius 2 is 1.80 bits per heavy atom. The molecule has 0 aliphatic heterocycles. The molecule has 1 atom stereocenters. The van der Waals surface area contributed by atoms with Gasteiger partial charge in [0.2, 0.25) is 11.8 Å². The van der Waals surface area contributed by atoms with E-state index in [4.69, 9.17) is 5.73 Å². The van der Waals surface area contributed by atoms with Crippen LogP contribution in [0.1, 0.15) is 6.42 Å². The van der Waals surface area contributed by atoms with E-state index in [1.54, 1.807) is 12.2 Å². The van der Waals surface area contributed by atoms with Crippen LogP contribution in [0.4, 0.5) is 0 Å². The van der Waals surface area contributed by atoms with Crippen LogP contribution in [0.2, 0.25) is 0 Å². The molecular weight excluding hydrogens is 260 g/mol. The molecule has 0 rings (SSSR count). The van der Waals surface area contributed by atoms with Gasteiger partial charge in [-0.15, -0.1) is 13.2 Å². The molecule has 2 N–H and O–H groups in total. The maximum atomic E-state index is 11.6. The molecule has 0 aliphatic rings. The van der Waals surface area contributed by atoms with Gasteiger partial charge in [-0.05, 0) is 0 Å². The fourth-order valence-corrected chi connectivity index (χ4v) is 1.25. The van der Waals surface area contributed by atoms with Crippen molar-refractivity contribution < 1.29 is 9.59 Å². The number of rotatable bonds is 7. The van der Waals surface area contributed by atoms with Gasteiger partial charge in [-0.2, -0.15) is 0 Å². The molecule has 0 fully saturated rings. The lowest BCUT2D eigenvalue weighted by atomic mass is 10.2. The number of nitrogens with two attached hydrogens (primary N) is 1. The molecule has 0 saturated carbocycles. The number of carbonyl (C=O) groups excluding carboxylic acids is 2. The van der Waals surface area contributed by atoms with Crippen LogP contribution >= 0.6 is 15.9 Å². The lowest BCUT2D eigenvalue weighted by Crippen LogP contribution is -2.35. The van der Waals surface area contributed by atoms with Crippen LogP contribution in [-0.4, -0.2) is 34.6 Å². The molecule has 84 valence electrons. The summed E-state index contributed by atoms with van der Waals surface area (Å²) in [5.74, 6) is -0.698. The molecule has 0 aromatic rings. The highest BCUT2D eigenvalue weighted by Gasteiger charge is 2.19. The number of alkyl halides is 1. The second kappa shape index (κ2) is 7.23. The van der Waals surface area contributed by atoms with Crippen LogP contribution in [0, 0.1) is 0 Å². The first-order chi connectivity index (χ1) is 7.02. The van der Waals surface area contributed by atoms with E-state index in [0.717, 1.165) is 0 Å². The Labute approximate surface area is 97.9 Å². The number of hydrogen-bond acceptors (Lipinski definition) is 2. The fourth-order valence-electron chi connectivity index (χ4n) is 0.973. The Kier molecular flexibility index (Phi) is 6.70. The summed E-state index contributed by atoms with van der Waals surface area (Å²) in [5, 5.41) is 0. The number of primary amides is 1. The molecule has 1 unspecified atom stereocenters. The minimum Gasteiger partial charge on any atom is -0.369 e.